The van der Waals surface area contributed by atoms with Crippen LogP contribution in [0.15, 0.2) is 59.7 Å². The van der Waals surface area contributed by atoms with Gasteiger partial charge in [-0.25, -0.2) is 9.78 Å². The van der Waals surface area contributed by atoms with E-state index in [4.69, 9.17) is 4.74 Å². The molecule has 0 saturated carbocycles. The molecular weight excluding hydrogens is 396 g/mol. The number of likely N-dealkylation sites (tertiary alicyclic amines) is 1. The fraction of sp³-hybridized carbons (Fsp3) is 0.304. The van der Waals surface area contributed by atoms with E-state index in [1.165, 1.54) is 10.9 Å². The monoisotopic (exact) mass is 420 g/mol. The number of benzene rings is 2. The van der Waals surface area contributed by atoms with Gasteiger partial charge in [0.15, 0.2) is 0 Å². The first kappa shape index (κ1) is 20.6. The van der Waals surface area contributed by atoms with E-state index in [1.807, 2.05) is 6.07 Å². The van der Waals surface area contributed by atoms with Crippen molar-refractivity contribution in [2.45, 2.75) is 25.8 Å². The minimum Gasteiger partial charge on any atom is -0.450 e. The summed E-state index contributed by atoms with van der Waals surface area (Å²) in [4.78, 5) is 43.5. The maximum Gasteiger partial charge on any atom is 0.407 e. The predicted molar refractivity (Wildman–Crippen MR) is 116 cm³/mol. The molecule has 1 aliphatic heterocycles. The molecule has 0 spiro atoms. The molecule has 4 rings (SSSR count). The van der Waals surface area contributed by atoms with Crippen LogP contribution in [0, 0.1) is 0 Å². The highest BCUT2D eigenvalue weighted by Crippen LogP contribution is 2.16. The van der Waals surface area contributed by atoms with Gasteiger partial charge < -0.3 is 15.0 Å². The SMILES string of the molecule is CCOC(=O)N[C@H]1CCCN(C(=O)c2ccc(-n3cnc4ccccc4c3=O)cc2)C1. The molecule has 160 valence electrons. The first-order chi connectivity index (χ1) is 15.1. The summed E-state index contributed by atoms with van der Waals surface area (Å²) in [6, 6.07) is 14.0. The van der Waals surface area contributed by atoms with Crippen molar-refractivity contribution in [2.75, 3.05) is 19.7 Å². The van der Waals surface area contributed by atoms with Crippen LogP contribution in [0.2, 0.25) is 0 Å². The molecule has 2 heterocycles. The molecule has 2 amide bonds. The fourth-order valence-corrected chi connectivity index (χ4v) is 3.82. The van der Waals surface area contributed by atoms with Crippen LogP contribution in [-0.2, 0) is 4.74 Å². The molecule has 0 unspecified atom stereocenters. The van der Waals surface area contributed by atoms with Crippen molar-refractivity contribution in [2.24, 2.45) is 0 Å². The normalized spacial score (nSPS) is 16.2. The topological polar surface area (TPSA) is 93.5 Å². The number of amides is 2. The second-order valence-electron chi connectivity index (χ2n) is 7.44. The summed E-state index contributed by atoms with van der Waals surface area (Å²) in [6.45, 7) is 3.13. The number of alkyl carbamates (subject to hydrolysis) is 1. The molecule has 1 fully saturated rings. The van der Waals surface area contributed by atoms with Crippen LogP contribution in [0.5, 0.6) is 0 Å². The average Bonchev–Trinajstić information content (AvgIpc) is 2.79. The van der Waals surface area contributed by atoms with E-state index in [2.05, 4.69) is 10.3 Å². The van der Waals surface area contributed by atoms with Crippen LogP contribution >= 0.6 is 0 Å². The Balaban J connectivity index is 1.49. The Bertz CT molecular complexity index is 1160. The van der Waals surface area contributed by atoms with Crippen molar-refractivity contribution in [3.63, 3.8) is 0 Å². The Labute approximate surface area is 179 Å². The smallest absolute Gasteiger partial charge is 0.407 e. The van der Waals surface area contributed by atoms with Gasteiger partial charge in [0.1, 0.15) is 6.33 Å². The van der Waals surface area contributed by atoms with Gasteiger partial charge in [-0.2, -0.15) is 0 Å². The van der Waals surface area contributed by atoms with Gasteiger partial charge >= 0.3 is 6.09 Å². The van der Waals surface area contributed by atoms with Gasteiger partial charge in [0, 0.05) is 24.7 Å². The summed E-state index contributed by atoms with van der Waals surface area (Å²) in [6.07, 6.45) is 2.65. The first-order valence-electron chi connectivity index (χ1n) is 10.4. The van der Waals surface area contributed by atoms with Gasteiger partial charge in [-0.05, 0) is 56.2 Å². The van der Waals surface area contributed by atoms with Crippen LogP contribution in [-0.4, -0.2) is 52.2 Å². The number of ether oxygens (including phenoxy) is 1. The van der Waals surface area contributed by atoms with Crippen LogP contribution in [0.1, 0.15) is 30.1 Å². The van der Waals surface area contributed by atoms with Crippen LogP contribution in [0.3, 0.4) is 0 Å². The average molecular weight is 420 g/mol. The summed E-state index contributed by atoms with van der Waals surface area (Å²) in [5.41, 5.74) is 1.66. The molecule has 31 heavy (non-hydrogen) atoms. The van der Waals surface area contributed by atoms with Crippen molar-refractivity contribution in [3.05, 3.63) is 70.8 Å². The largest absolute Gasteiger partial charge is 0.450 e. The highest BCUT2D eigenvalue weighted by atomic mass is 16.5. The highest BCUT2D eigenvalue weighted by molar-refractivity contribution is 5.94. The van der Waals surface area contributed by atoms with Crippen molar-refractivity contribution < 1.29 is 14.3 Å². The lowest BCUT2D eigenvalue weighted by atomic mass is 10.0. The zero-order chi connectivity index (χ0) is 21.8. The van der Waals surface area contributed by atoms with E-state index in [9.17, 15) is 14.4 Å². The number of aromatic nitrogens is 2. The molecule has 0 bridgehead atoms. The summed E-state index contributed by atoms with van der Waals surface area (Å²) in [5.74, 6) is -0.106. The zero-order valence-electron chi connectivity index (χ0n) is 17.3. The third-order valence-corrected chi connectivity index (χ3v) is 5.36. The molecule has 1 aliphatic rings. The number of nitrogens with zero attached hydrogens (tertiary/aromatic N) is 3. The highest BCUT2D eigenvalue weighted by Gasteiger charge is 2.25. The molecule has 0 aliphatic carbocycles. The molecule has 2 aromatic carbocycles. The maximum absolute atomic E-state index is 12.9. The number of fused-ring (bicyclic) bond motifs is 1. The summed E-state index contributed by atoms with van der Waals surface area (Å²) in [7, 11) is 0. The van der Waals surface area contributed by atoms with Crippen molar-refractivity contribution in [1.82, 2.24) is 19.8 Å². The molecular formula is C23H24N4O4. The number of para-hydroxylation sites is 1. The van der Waals surface area contributed by atoms with Gasteiger partial charge in [-0.15, -0.1) is 0 Å². The van der Waals surface area contributed by atoms with E-state index < -0.39 is 6.09 Å². The van der Waals surface area contributed by atoms with Crippen LogP contribution < -0.4 is 10.9 Å². The Morgan fingerprint density at radius 1 is 1.16 bits per heavy atom. The van der Waals surface area contributed by atoms with Crippen molar-refractivity contribution in [1.29, 1.82) is 0 Å². The number of nitrogens with one attached hydrogen (secondary N) is 1. The minimum atomic E-state index is -0.458. The van der Waals surface area contributed by atoms with Crippen LogP contribution in [0.4, 0.5) is 4.79 Å². The zero-order valence-corrected chi connectivity index (χ0v) is 17.3. The van der Waals surface area contributed by atoms with Crippen molar-refractivity contribution >= 4 is 22.9 Å². The Morgan fingerprint density at radius 2 is 1.94 bits per heavy atom. The lowest BCUT2D eigenvalue weighted by molar-refractivity contribution is 0.0686. The van der Waals surface area contributed by atoms with Crippen LogP contribution in [0.25, 0.3) is 16.6 Å². The third-order valence-electron chi connectivity index (χ3n) is 5.36. The molecule has 1 N–H and O–H groups in total. The Morgan fingerprint density at radius 3 is 2.71 bits per heavy atom. The number of hydrogen-bond acceptors (Lipinski definition) is 5. The first-order valence-corrected chi connectivity index (χ1v) is 10.4. The fourth-order valence-electron chi connectivity index (χ4n) is 3.82. The Hall–Kier alpha value is -3.68. The summed E-state index contributed by atoms with van der Waals surface area (Å²) < 4.78 is 6.40. The molecule has 1 atom stereocenters. The van der Waals surface area contributed by atoms with Gasteiger partial charge in [0.05, 0.1) is 23.2 Å². The number of rotatable bonds is 4. The molecule has 8 nitrogen and oxygen atoms in total. The lowest BCUT2D eigenvalue weighted by Gasteiger charge is -2.33. The summed E-state index contributed by atoms with van der Waals surface area (Å²) >= 11 is 0. The van der Waals surface area contributed by atoms with E-state index in [0.29, 0.717) is 41.9 Å². The van der Waals surface area contributed by atoms with Gasteiger partial charge in [0.2, 0.25) is 0 Å². The standard InChI is InChI=1S/C23H24N4O4/c1-2-31-23(30)25-17-6-5-13-26(14-17)21(28)16-9-11-18(12-10-16)27-15-24-20-8-4-3-7-19(20)22(27)29/h3-4,7-12,15,17H,2,5-6,13-14H2,1H3,(H,25,30)/t17-/m0/s1. The number of hydrogen-bond donors (Lipinski definition) is 1. The van der Waals surface area contributed by atoms with Gasteiger partial charge in [-0.1, -0.05) is 12.1 Å². The van der Waals surface area contributed by atoms with Gasteiger partial charge in [0.25, 0.3) is 11.5 Å². The number of piperidine rings is 1. The molecule has 0 radical (unpaired) electrons. The summed E-state index contributed by atoms with van der Waals surface area (Å²) in [5, 5.41) is 3.35. The Kier molecular flexibility index (Phi) is 5.97. The molecule has 1 saturated heterocycles. The second kappa shape index (κ2) is 8.99. The quantitative estimate of drug-likeness (QED) is 0.701. The van der Waals surface area contributed by atoms with E-state index in [0.717, 1.165) is 12.8 Å². The maximum atomic E-state index is 12.9. The van der Waals surface area contributed by atoms with Crippen molar-refractivity contribution in [3.8, 4) is 5.69 Å². The van der Waals surface area contributed by atoms with Gasteiger partial charge in [-0.3, -0.25) is 14.2 Å². The van der Waals surface area contributed by atoms with E-state index >= 15 is 0 Å². The lowest BCUT2D eigenvalue weighted by Crippen LogP contribution is -2.49. The third kappa shape index (κ3) is 4.42. The second-order valence-corrected chi connectivity index (χ2v) is 7.44. The van der Waals surface area contributed by atoms with E-state index in [-0.39, 0.29) is 17.5 Å². The molecule has 8 heteroatoms. The number of carbonyl (C=O) groups is 2. The molecule has 3 aromatic rings. The molecule has 1 aromatic heterocycles. The van der Waals surface area contributed by atoms with E-state index in [1.54, 1.807) is 54.3 Å². The minimum absolute atomic E-state index is 0.106. The predicted octanol–water partition coefficient (Wildman–Crippen LogP) is 2.74. The number of carbonyl (C=O) groups excluding carboxylic acids is 2.